The summed E-state index contributed by atoms with van der Waals surface area (Å²) in [6.45, 7) is 3.86. The number of urea groups is 1. The minimum atomic E-state index is -1.24. The van der Waals surface area contributed by atoms with Crippen LogP contribution in [-0.2, 0) is 0 Å². The number of halogens is 1. The van der Waals surface area contributed by atoms with Crippen molar-refractivity contribution in [3.8, 4) is 11.8 Å². The molecule has 2 aromatic rings. The molecule has 5 rings (SSSR count). The Labute approximate surface area is 226 Å². The topological polar surface area (TPSA) is 138 Å². The third-order valence-corrected chi connectivity index (χ3v) is 7.61. The fourth-order valence-electron chi connectivity index (χ4n) is 5.67. The molecule has 3 fully saturated rings. The summed E-state index contributed by atoms with van der Waals surface area (Å²) < 4.78 is 25.7. The van der Waals surface area contributed by atoms with Gasteiger partial charge in [0, 0.05) is 51.0 Å². The van der Waals surface area contributed by atoms with E-state index >= 15 is 0 Å². The number of fused-ring (bicyclic) bond motifs is 2. The minimum Gasteiger partial charge on any atom is -0.477 e. The van der Waals surface area contributed by atoms with E-state index in [9.17, 15) is 14.0 Å². The summed E-state index contributed by atoms with van der Waals surface area (Å²) in [6.07, 6.45) is 4.69. The van der Waals surface area contributed by atoms with Gasteiger partial charge in [0.2, 0.25) is 17.7 Å². The third kappa shape index (κ3) is 6.10. The molecule has 3 amide bonds. The fraction of sp³-hybridized carbons (Fsp3) is 0.600. The average Bonchev–Trinajstić information content (AvgIpc) is 3.49. The van der Waals surface area contributed by atoms with Crippen molar-refractivity contribution in [2.75, 3.05) is 50.6 Å². The first-order chi connectivity index (χ1) is 18.8. The number of carbonyl (C=O) groups is 2. The molecule has 0 unspecified atom stereocenters. The van der Waals surface area contributed by atoms with Gasteiger partial charge in [-0.15, -0.1) is 0 Å². The van der Waals surface area contributed by atoms with E-state index in [0.717, 1.165) is 19.4 Å². The molecule has 0 aromatic carbocycles. The minimum absolute atomic E-state index is 0.0576. The van der Waals surface area contributed by atoms with Crippen LogP contribution in [0.4, 0.5) is 25.7 Å². The molecule has 14 heteroatoms. The number of alkyl halides is 1. The van der Waals surface area contributed by atoms with Gasteiger partial charge in [-0.2, -0.15) is 4.98 Å². The number of aromatic nitrogens is 4. The van der Waals surface area contributed by atoms with Gasteiger partial charge in [0.1, 0.15) is 6.17 Å². The second-order valence-electron chi connectivity index (χ2n) is 10.2. The van der Waals surface area contributed by atoms with Gasteiger partial charge in [-0.3, -0.25) is 5.32 Å². The van der Waals surface area contributed by atoms with Crippen molar-refractivity contribution in [1.82, 2.24) is 35.1 Å². The van der Waals surface area contributed by atoms with Gasteiger partial charge in [-0.25, -0.2) is 28.9 Å². The number of rotatable bonds is 7. The Kier molecular flexibility index (Phi) is 7.91. The van der Waals surface area contributed by atoms with Crippen molar-refractivity contribution < 1.29 is 23.5 Å². The summed E-state index contributed by atoms with van der Waals surface area (Å²) in [4.78, 5) is 47.6. The van der Waals surface area contributed by atoms with Gasteiger partial charge < -0.3 is 29.5 Å². The van der Waals surface area contributed by atoms with E-state index in [1.807, 2.05) is 6.92 Å². The first-order valence-electron chi connectivity index (χ1n) is 13.2. The quantitative estimate of drug-likeness (QED) is 0.533. The fourth-order valence-corrected chi connectivity index (χ4v) is 5.67. The molecular formula is C25H34FN9O4. The van der Waals surface area contributed by atoms with Crippen LogP contribution in [0.2, 0.25) is 0 Å². The smallest absolute Gasteiger partial charge is 0.414 e. The maximum absolute atomic E-state index is 14.9. The Morgan fingerprint density at radius 2 is 2.03 bits per heavy atom. The van der Waals surface area contributed by atoms with E-state index in [0.29, 0.717) is 36.9 Å². The molecule has 1 saturated carbocycles. The molecule has 210 valence electrons. The lowest BCUT2D eigenvalue weighted by Gasteiger charge is -2.39. The molecule has 2 aliphatic heterocycles. The molecule has 4 heterocycles. The van der Waals surface area contributed by atoms with Crippen LogP contribution in [0, 0.1) is 5.92 Å². The van der Waals surface area contributed by atoms with Gasteiger partial charge in [0.25, 0.3) is 0 Å². The monoisotopic (exact) mass is 543 g/mol. The molecule has 2 saturated heterocycles. The Balaban J connectivity index is 1.18. The Morgan fingerprint density at radius 1 is 1.18 bits per heavy atom. The zero-order chi connectivity index (χ0) is 27.5. The number of ether oxygens (including phenoxy) is 2. The second-order valence-corrected chi connectivity index (χ2v) is 10.2. The number of hydrogen-bond acceptors (Lipinski definition) is 10. The molecule has 5 atom stereocenters. The van der Waals surface area contributed by atoms with Gasteiger partial charge in [-0.1, -0.05) is 0 Å². The summed E-state index contributed by atoms with van der Waals surface area (Å²) >= 11 is 0. The van der Waals surface area contributed by atoms with E-state index in [-0.39, 0.29) is 30.7 Å². The van der Waals surface area contributed by atoms with E-state index in [2.05, 4.69) is 42.5 Å². The molecule has 0 radical (unpaired) electrons. The summed E-state index contributed by atoms with van der Waals surface area (Å²) in [5, 5.41) is 5.59. The summed E-state index contributed by atoms with van der Waals surface area (Å²) in [6, 6.07) is 0.608. The van der Waals surface area contributed by atoms with Crippen LogP contribution < -0.4 is 25.0 Å². The molecule has 3 aliphatic rings. The number of amides is 3. The highest BCUT2D eigenvalue weighted by molar-refractivity contribution is 5.88. The number of likely N-dealkylation sites (tertiary alicyclic amines) is 1. The number of piperidine rings is 2. The highest BCUT2D eigenvalue weighted by Crippen LogP contribution is 2.36. The second kappa shape index (κ2) is 11.5. The number of anilines is 2. The predicted molar refractivity (Wildman–Crippen MR) is 140 cm³/mol. The molecular weight excluding hydrogens is 509 g/mol. The van der Waals surface area contributed by atoms with Crippen LogP contribution >= 0.6 is 0 Å². The van der Waals surface area contributed by atoms with Gasteiger partial charge >= 0.3 is 12.1 Å². The summed E-state index contributed by atoms with van der Waals surface area (Å²) in [5.74, 6) is 1.58. The summed E-state index contributed by atoms with van der Waals surface area (Å²) in [7, 11) is 3.60. The van der Waals surface area contributed by atoms with Crippen molar-refractivity contribution in [3.05, 3.63) is 24.7 Å². The third-order valence-electron chi connectivity index (χ3n) is 7.61. The highest BCUT2D eigenvalue weighted by atomic mass is 19.1. The normalized spacial score (nSPS) is 26.3. The lowest BCUT2D eigenvalue weighted by molar-refractivity contribution is 0.133. The zero-order valence-electron chi connectivity index (χ0n) is 22.3. The Hall–Kier alpha value is -3.81. The van der Waals surface area contributed by atoms with Crippen LogP contribution in [0.25, 0.3) is 0 Å². The van der Waals surface area contributed by atoms with E-state index in [1.54, 1.807) is 4.90 Å². The van der Waals surface area contributed by atoms with Crippen molar-refractivity contribution in [2.45, 2.75) is 50.5 Å². The van der Waals surface area contributed by atoms with Crippen LogP contribution in [-0.4, -0.2) is 106 Å². The highest BCUT2D eigenvalue weighted by Gasteiger charge is 2.44. The van der Waals surface area contributed by atoms with Crippen molar-refractivity contribution >= 4 is 23.9 Å². The maximum Gasteiger partial charge on any atom is 0.414 e. The van der Waals surface area contributed by atoms with Crippen LogP contribution in [0.15, 0.2) is 24.7 Å². The van der Waals surface area contributed by atoms with Crippen LogP contribution in [0.1, 0.15) is 26.2 Å². The number of carbonyl (C=O) groups excluding carboxylic acids is 2. The average molecular weight is 544 g/mol. The van der Waals surface area contributed by atoms with E-state index in [4.69, 9.17) is 9.47 Å². The molecule has 2 bridgehead atoms. The van der Waals surface area contributed by atoms with Crippen LogP contribution in [0.5, 0.6) is 11.8 Å². The zero-order valence-corrected chi connectivity index (χ0v) is 22.3. The molecule has 2 N–H and O–H groups in total. The summed E-state index contributed by atoms with van der Waals surface area (Å²) in [5.41, 5.74) is 0. The van der Waals surface area contributed by atoms with E-state index < -0.39 is 24.3 Å². The molecule has 1 aliphatic carbocycles. The lowest BCUT2D eigenvalue weighted by atomic mass is 10.0. The predicted octanol–water partition coefficient (Wildman–Crippen LogP) is 1.93. The van der Waals surface area contributed by atoms with Crippen molar-refractivity contribution in [2.24, 2.45) is 5.92 Å². The standard InChI is InChI=1S/C25H34FN9O4/c1-4-38-22-12-28-20(11-29-22)31-24(36)34(3)19-14-35(8-6-16(19)26)23-27-7-5-21(32-23)39-25(37)30-17-9-15-10-18(17)33(2)13-15/h5,7,11-12,15-19H,4,6,8-10,13-14H2,1-3H3,(H,30,37)(H,28,31,36)/t15-,16+,17+,18+,19-/m0/s1. The number of likely N-dealkylation sites (N-methyl/N-ethyl adjacent to an activating group) is 2. The van der Waals surface area contributed by atoms with E-state index in [1.165, 1.54) is 36.6 Å². The maximum atomic E-state index is 14.9. The van der Waals surface area contributed by atoms with Crippen molar-refractivity contribution in [1.29, 1.82) is 0 Å². The molecule has 0 spiro atoms. The molecule has 13 nitrogen and oxygen atoms in total. The molecule has 39 heavy (non-hydrogen) atoms. The molecule has 2 aromatic heterocycles. The van der Waals surface area contributed by atoms with Gasteiger partial charge in [-0.05, 0) is 39.2 Å². The van der Waals surface area contributed by atoms with Gasteiger partial charge in [0.15, 0.2) is 5.82 Å². The Bertz CT molecular complexity index is 1170. The van der Waals surface area contributed by atoms with Gasteiger partial charge in [0.05, 0.1) is 25.0 Å². The number of hydrogen-bond donors (Lipinski definition) is 2. The van der Waals surface area contributed by atoms with Crippen molar-refractivity contribution in [3.63, 3.8) is 0 Å². The SMILES string of the molecule is CCOc1cnc(NC(=O)N(C)[C@H]2CN(c3nccc(OC(=O)N[C@@H]4C[C@H]5C[C@H]4N(C)C5)n3)CC[C@H]2F)cn1. The number of nitrogens with zero attached hydrogens (tertiary/aromatic N) is 7. The largest absolute Gasteiger partial charge is 0.477 e. The lowest BCUT2D eigenvalue weighted by Crippen LogP contribution is -2.55. The number of nitrogens with one attached hydrogen (secondary N) is 2. The first-order valence-corrected chi connectivity index (χ1v) is 13.2. The first kappa shape index (κ1) is 26.8. The van der Waals surface area contributed by atoms with Crippen LogP contribution in [0.3, 0.4) is 0 Å². The Morgan fingerprint density at radius 3 is 2.74 bits per heavy atom.